The number of carbonyl (C=O) groups excluding carboxylic acids is 3. The molecule has 2 saturated carbocycles. The van der Waals surface area contributed by atoms with Gasteiger partial charge >= 0.3 is 5.97 Å². The Morgan fingerprint density at radius 1 is 0.960 bits per heavy atom. The maximum atomic E-state index is 14.0. The molecule has 2 aromatic carbocycles. The standard InChI is InChI=1S/C40H46N4O5S/c1-4-48-29-17-18-30-31(24-29)43(3)22-23-44-32-25-33(50-37(32)35(36(30)44)27-10-7-6-8-11-27)38(46)42-40(20-9-21-40)39(47)41-28-15-12-26(13-16-28)14-19-34(45)49-5-2/h12-19,24-25,27H,4-11,20-23H2,1-3H3,(H,41,47)(H,42,46). The molecular formula is C40H46N4O5S. The summed E-state index contributed by atoms with van der Waals surface area (Å²) in [5.41, 5.74) is 6.65. The second-order valence-electron chi connectivity index (χ2n) is 13.7. The molecule has 0 saturated heterocycles. The first-order valence-corrected chi connectivity index (χ1v) is 18.8. The maximum Gasteiger partial charge on any atom is 0.330 e. The van der Waals surface area contributed by atoms with E-state index in [4.69, 9.17) is 9.47 Å². The van der Waals surface area contributed by atoms with E-state index in [2.05, 4.69) is 51.4 Å². The number of amides is 2. The number of thiophene rings is 1. The largest absolute Gasteiger partial charge is 0.494 e. The van der Waals surface area contributed by atoms with Crippen LogP contribution in [0.2, 0.25) is 0 Å². The first kappa shape index (κ1) is 33.9. The maximum absolute atomic E-state index is 14.0. The van der Waals surface area contributed by atoms with E-state index in [1.807, 2.05) is 19.1 Å². The number of hydrogen-bond acceptors (Lipinski definition) is 7. The van der Waals surface area contributed by atoms with Gasteiger partial charge in [-0.2, -0.15) is 0 Å². The number of fused-ring (bicyclic) bond motifs is 5. The van der Waals surface area contributed by atoms with Gasteiger partial charge in [0, 0.05) is 49.2 Å². The van der Waals surface area contributed by atoms with Crippen LogP contribution in [-0.2, 0) is 20.9 Å². The molecule has 262 valence electrons. The van der Waals surface area contributed by atoms with Crippen LogP contribution in [0.25, 0.3) is 27.6 Å². The Balaban J connectivity index is 1.16. The smallest absolute Gasteiger partial charge is 0.330 e. The van der Waals surface area contributed by atoms with Gasteiger partial charge in [0.2, 0.25) is 5.91 Å². The van der Waals surface area contributed by atoms with E-state index < -0.39 is 11.5 Å². The molecule has 0 spiro atoms. The molecule has 3 heterocycles. The Labute approximate surface area is 297 Å². The van der Waals surface area contributed by atoms with Crippen molar-refractivity contribution in [2.45, 2.75) is 83.2 Å². The first-order valence-electron chi connectivity index (χ1n) is 18.0. The number of anilines is 2. The van der Waals surface area contributed by atoms with Gasteiger partial charge in [0.05, 0.1) is 34.0 Å². The van der Waals surface area contributed by atoms with E-state index in [1.54, 1.807) is 36.5 Å². The normalized spacial score (nSPS) is 17.1. The molecule has 9 nitrogen and oxygen atoms in total. The molecule has 0 atom stereocenters. The lowest BCUT2D eigenvalue weighted by atomic mass is 9.75. The molecule has 2 N–H and O–H groups in total. The van der Waals surface area contributed by atoms with E-state index in [1.165, 1.54) is 52.5 Å². The summed E-state index contributed by atoms with van der Waals surface area (Å²) in [5.74, 6) is 0.519. The average molecular weight is 695 g/mol. The van der Waals surface area contributed by atoms with Crippen LogP contribution in [-0.4, -0.2) is 54.7 Å². The molecule has 2 aromatic heterocycles. The van der Waals surface area contributed by atoms with Gasteiger partial charge in [0.25, 0.3) is 5.91 Å². The monoisotopic (exact) mass is 694 g/mol. The number of benzene rings is 2. The summed E-state index contributed by atoms with van der Waals surface area (Å²) in [4.78, 5) is 42.3. The van der Waals surface area contributed by atoms with Gasteiger partial charge in [-0.1, -0.05) is 31.4 Å². The topological polar surface area (TPSA) is 102 Å². The Morgan fingerprint density at radius 3 is 2.44 bits per heavy atom. The van der Waals surface area contributed by atoms with Crippen LogP contribution in [0.1, 0.15) is 91.9 Å². The molecule has 3 aliphatic rings. The minimum absolute atomic E-state index is 0.197. The number of likely N-dealkylation sites (N-methyl/N-ethyl adjacent to an activating group) is 1. The predicted molar refractivity (Wildman–Crippen MR) is 200 cm³/mol. The fourth-order valence-corrected chi connectivity index (χ4v) is 8.89. The molecule has 0 bridgehead atoms. The molecule has 0 radical (unpaired) electrons. The molecule has 1 aliphatic heterocycles. The minimum atomic E-state index is -0.955. The van der Waals surface area contributed by atoms with Crippen LogP contribution in [0.4, 0.5) is 11.4 Å². The van der Waals surface area contributed by atoms with Crippen LogP contribution in [0.3, 0.4) is 0 Å². The van der Waals surface area contributed by atoms with Crippen molar-refractivity contribution in [2.75, 3.05) is 37.0 Å². The number of nitrogens with zero attached hydrogens (tertiary/aromatic N) is 2. The van der Waals surface area contributed by atoms with Crippen LogP contribution in [0.5, 0.6) is 5.75 Å². The van der Waals surface area contributed by atoms with Crippen molar-refractivity contribution in [3.63, 3.8) is 0 Å². The van der Waals surface area contributed by atoms with Crippen molar-refractivity contribution >= 4 is 56.8 Å². The molecule has 50 heavy (non-hydrogen) atoms. The van der Waals surface area contributed by atoms with Crippen molar-refractivity contribution in [1.29, 1.82) is 0 Å². The SMILES string of the molecule is CCOC(=O)C=Cc1ccc(NC(=O)C2(NC(=O)c3cc4c(s3)c(C3CCCCC3)c3n4CCN(C)c4cc(OCC)ccc4-3)CCC2)cc1. The second-order valence-corrected chi connectivity index (χ2v) is 14.7. The highest BCUT2D eigenvalue weighted by atomic mass is 32.1. The van der Waals surface area contributed by atoms with Crippen molar-refractivity contribution in [3.8, 4) is 17.0 Å². The first-order chi connectivity index (χ1) is 24.3. The highest BCUT2D eigenvalue weighted by Crippen LogP contribution is 2.50. The van der Waals surface area contributed by atoms with Crippen LogP contribution < -0.4 is 20.3 Å². The summed E-state index contributed by atoms with van der Waals surface area (Å²) in [5, 5.41) is 6.19. The summed E-state index contributed by atoms with van der Waals surface area (Å²) in [7, 11) is 2.14. The van der Waals surface area contributed by atoms with Gasteiger partial charge in [-0.15, -0.1) is 11.3 Å². The van der Waals surface area contributed by atoms with E-state index in [0.717, 1.165) is 49.2 Å². The van der Waals surface area contributed by atoms with Crippen LogP contribution in [0, 0.1) is 0 Å². The molecule has 7 rings (SSSR count). The third-order valence-electron chi connectivity index (χ3n) is 10.5. The van der Waals surface area contributed by atoms with Gasteiger partial charge < -0.3 is 29.6 Å². The zero-order valence-corrected chi connectivity index (χ0v) is 30.0. The molecule has 10 heteroatoms. The molecule has 4 aromatic rings. The lowest BCUT2D eigenvalue weighted by Gasteiger charge is -2.40. The lowest BCUT2D eigenvalue weighted by Crippen LogP contribution is -2.61. The number of aromatic nitrogens is 1. The van der Waals surface area contributed by atoms with E-state index in [0.29, 0.717) is 42.5 Å². The lowest BCUT2D eigenvalue weighted by molar-refractivity contribution is -0.137. The number of rotatable bonds is 10. The highest BCUT2D eigenvalue weighted by Gasteiger charge is 2.46. The van der Waals surface area contributed by atoms with Gasteiger partial charge in [-0.05, 0) is 99.4 Å². The Morgan fingerprint density at radius 2 is 1.74 bits per heavy atom. The van der Waals surface area contributed by atoms with Crippen LogP contribution >= 0.6 is 11.3 Å². The number of carbonyl (C=O) groups is 3. The Hall–Kier alpha value is -4.57. The van der Waals surface area contributed by atoms with Crippen molar-refractivity contribution in [3.05, 3.63) is 70.6 Å². The molecule has 0 unspecified atom stereocenters. The van der Waals surface area contributed by atoms with Gasteiger partial charge in [-0.25, -0.2) is 4.79 Å². The fraction of sp³-hybridized carbons (Fsp3) is 0.425. The third kappa shape index (κ3) is 6.53. The molecular weight excluding hydrogens is 649 g/mol. The Bertz CT molecular complexity index is 1930. The summed E-state index contributed by atoms with van der Waals surface area (Å²) in [6.45, 7) is 6.38. The van der Waals surface area contributed by atoms with Gasteiger partial charge in [-0.3, -0.25) is 9.59 Å². The molecule has 2 aliphatic carbocycles. The van der Waals surface area contributed by atoms with Gasteiger partial charge in [0.1, 0.15) is 11.3 Å². The van der Waals surface area contributed by atoms with E-state index in [9.17, 15) is 14.4 Å². The van der Waals surface area contributed by atoms with Crippen molar-refractivity contribution in [1.82, 2.24) is 9.88 Å². The van der Waals surface area contributed by atoms with E-state index >= 15 is 0 Å². The Kier molecular flexibility index (Phi) is 9.73. The summed E-state index contributed by atoms with van der Waals surface area (Å²) in [6.07, 6.45) is 11.1. The third-order valence-corrected chi connectivity index (χ3v) is 11.6. The van der Waals surface area contributed by atoms with Crippen molar-refractivity contribution in [2.24, 2.45) is 0 Å². The second kappa shape index (κ2) is 14.3. The number of hydrogen-bond donors (Lipinski definition) is 2. The minimum Gasteiger partial charge on any atom is -0.494 e. The number of ether oxygens (including phenoxy) is 2. The predicted octanol–water partition coefficient (Wildman–Crippen LogP) is 8.13. The summed E-state index contributed by atoms with van der Waals surface area (Å²) >= 11 is 1.57. The van der Waals surface area contributed by atoms with Crippen LogP contribution in [0.15, 0.2) is 54.6 Å². The van der Waals surface area contributed by atoms with E-state index in [-0.39, 0.29) is 11.8 Å². The molecule has 2 fully saturated rings. The highest BCUT2D eigenvalue weighted by molar-refractivity contribution is 7.21. The zero-order chi connectivity index (χ0) is 34.8. The van der Waals surface area contributed by atoms with Gasteiger partial charge in [0.15, 0.2) is 0 Å². The molecule has 2 amide bonds. The number of nitrogens with one attached hydrogen (secondary N) is 2. The number of esters is 1. The fourth-order valence-electron chi connectivity index (χ4n) is 7.71. The average Bonchev–Trinajstić information content (AvgIpc) is 3.62. The quantitative estimate of drug-likeness (QED) is 0.128. The zero-order valence-electron chi connectivity index (χ0n) is 29.2. The summed E-state index contributed by atoms with van der Waals surface area (Å²) < 4.78 is 14.5. The van der Waals surface area contributed by atoms with Crippen molar-refractivity contribution < 1.29 is 23.9 Å². The summed E-state index contributed by atoms with van der Waals surface area (Å²) in [6, 6.07) is 15.8.